The molecule has 138 valence electrons. The Bertz CT molecular complexity index is 797. The van der Waals surface area contributed by atoms with Crippen molar-refractivity contribution in [2.45, 2.75) is 57.5 Å². The number of carbonyl (C=O) groups is 1. The summed E-state index contributed by atoms with van der Waals surface area (Å²) < 4.78 is 0. The summed E-state index contributed by atoms with van der Waals surface area (Å²) in [5.74, 6) is 0.122. The lowest BCUT2D eigenvalue weighted by atomic mass is 9.94. The molecular weight excluding hydrogens is 322 g/mol. The molecule has 1 saturated carbocycles. The van der Waals surface area contributed by atoms with Gasteiger partial charge in [-0.15, -0.1) is 0 Å². The fourth-order valence-electron chi connectivity index (χ4n) is 4.66. The second-order valence-electron chi connectivity index (χ2n) is 8.02. The van der Waals surface area contributed by atoms with Crippen molar-refractivity contribution in [2.75, 3.05) is 20.1 Å². The molecule has 4 heteroatoms. The van der Waals surface area contributed by atoms with Crippen molar-refractivity contribution >= 4 is 16.8 Å². The van der Waals surface area contributed by atoms with Gasteiger partial charge in [-0.3, -0.25) is 14.7 Å². The minimum Gasteiger partial charge on any atom is -0.337 e. The molecular formula is C22H29N3O. The Kier molecular flexibility index (Phi) is 4.94. The van der Waals surface area contributed by atoms with E-state index in [4.69, 9.17) is 0 Å². The fraction of sp³-hybridized carbons (Fsp3) is 0.545. The number of carbonyl (C=O) groups excluding carboxylic acids is 1. The van der Waals surface area contributed by atoms with E-state index >= 15 is 0 Å². The van der Waals surface area contributed by atoms with Gasteiger partial charge in [-0.1, -0.05) is 31.4 Å². The number of hydrogen-bond donors (Lipinski definition) is 0. The van der Waals surface area contributed by atoms with Crippen LogP contribution < -0.4 is 0 Å². The Morgan fingerprint density at radius 1 is 1.15 bits per heavy atom. The minimum atomic E-state index is 0.122. The Morgan fingerprint density at radius 2 is 1.96 bits per heavy atom. The first-order chi connectivity index (χ1) is 12.6. The lowest BCUT2D eigenvalue weighted by Gasteiger charge is -2.32. The normalized spacial score (nSPS) is 22.0. The maximum Gasteiger partial charge on any atom is 0.254 e. The van der Waals surface area contributed by atoms with Crippen molar-refractivity contribution in [3.05, 3.63) is 41.6 Å². The molecule has 1 aromatic carbocycles. The van der Waals surface area contributed by atoms with Crippen LogP contribution in [0.3, 0.4) is 0 Å². The van der Waals surface area contributed by atoms with Gasteiger partial charge in [-0.25, -0.2) is 0 Å². The van der Waals surface area contributed by atoms with E-state index in [1.54, 1.807) is 6.20 Å². The molecule has 4 nitrogen and oxygen atoms in total. The molecule has 2 aromatic rings. The van der Waals surface area contributed by atoms with Crippen molar-refractivity contribution in [1.29, 1.82) is 0 Å². The van der Waals surface area contributed by atoms with Crippen LogP contribution in [0.1, 0.15) is 54.4 Å². The summed E-state index contributed by atoms with van der Waals surface area (Å²) in [5, 5.41) is 0.956. The molecule has 0 bridgehead atoms. The van der Waals surface area contributed by atoms with Crippen LogP contribution in [-0.2, 0) is 0 Å². The number of likely N-dealkylation sites (N-methyl/N-ethyl adjacent to an activating group) is 1. The number of hydrogen-bond acceptors (Lipinski definition) is 3. The molecule has 1 aliphatic heterocycles. The third kappa shape index (κ3) is 3.35. The lowest BCUT2D eigenvalue weighted by molar-refractivity contribution is 0.0728. The maximum atomic E-state index is 13.2. The summed E-state index contributed by atoms with van der Waals surface area (Å²) in [6.07, 6.45) is 9.62. The number of pyridine rings is 1. The first kappa shape index (κ1) is 17.5. The van der Waals surface area contributed by atoms with Crippen LogP contribution in [-0.4, -0.2) is 52.9 Å². The van der Waals surface area contributed by atoms with E-state index in [0.29, 0.717) is 6.04 Å². The zero-order chi connectivity index (χ0) is 18.1. The van der Waals surface area contributed by atoms with Gasteiger partial charge >= 0.3 is 0 Å². The highest BCUT2D eigenvalue weighted by molar-refractivity contribution is 6.06. The highest BCUT2D eigenvalue weighted by Crippen LogP contribution is 2.28. The van der Waals surface area contributed by atoms with Crippen LogP contribution in [0.5, 0.6) is 0 Å². The van der Waals surface area contributed by atoms with Crippen molar-refractivity contribution in [2.24, 2.45) is 0 Å². The monoisotopic (exact) mass is 351 g/mol. The van der Waals surface area contributed by atoms with Gasteiger partial charge < -0.3 is 4.90 Å². The summed E-state index contributed by atoms with van der Waals surface area (Å²) in [4.78, 5) is 22.2. The molecule has 1 amide bonds. The van der Waals surface area contributed by atoms with Crippen LogP contribution >= 0.6 is 0 Å². The second-order valence-corrected chi connectivity index (χ2v) is 8.02. The van der Waals surface area contributed by atoms with Gasteiger partial charge in [-0.05, 0) is 43.9 Å². The molecule has 1 atom stereocenters. The number of rotatable bonds is 3. The third-order valence-corrected chi connectivity index (χ3v) is 6.28. The Balaban J connectivity index is 1.50. The smallest absolute Gasteiger partial charge is 0.254 e. The fourth-order valence-corrected chi connectivity index (χ4v) is 4.66. The maximum absolute atomic E-state index is 13.2. The topological polar surface area (TPSA) is 36.4 Å². The zero-order valence-corrected chi connectivity index (χ0v) is 15.9. The Hall–Kier alpha value is -1.94. The van der Waals surface area contributed by atoms with E-state index in [0.717, 1.165) is 42.0 Å². The predicted molar refractivity (Wildman–Crippen MR) is 105 cm³/mol. The van der Waals surface area contributed by atoms with Crippen LogP contribution in [0, 0.1) is 6.92 Å². The van der Waals surface area contributed by atoms with Gasteiger partial charge in [0.25, 0.3) is 5.91 Å². The van der Waals surface area contributed by atoms with Gasteiger partial charge in [0, 0.05) is 43.8 Å². The molecule has 2 heterocycles. The number of likely N-dealkylation sites (tertiary alicyclic amines) is 1. The number of aryl methyl sites for hydroxylation is 1. The molecule has 1 unspecified atom stereocenters. The largest absolute Gasteiger partial charge is 0.337 e. The molecule has 1 saturated heterocycles. The van der Waals surface area contributed by atoms with Crippen molar-refractivity contribution in [3.63, 3.8) is 0 Å². The van der Waals surface area contributed by atoms with Crippen LogP contribution in [0.4, 0.5) is 0 Å². The summed E-state index contributed by atoms with van der Waals surface area (Å²) in [5.41, 5.74) is 2.84. The van der Waals surface area contributed by atoms with E-state index in [9.17, 15) is 4.79 Å². The molecule has 0 radical (unpaired) electrons. The number of fused-ring (bicyclic) bond motifs is 1. The Morgan fingerprint density at radius 3 is 2.77 bits per heavy atom. The minimum absolute atomic E-state index is 0.122. The zero-order valence-electron chi connectivity index (χ0n) is 15.9. The lowest BCUT2D eigenvalue weighted by Crippen LogP contribution is -2.41. The molecule has 1 aliphatic carbocycles. The van der Waals surface area contributed by atoms with Gasteiger partial charge in [0.1, 0.15) is 0 Å². The van der Waals surface area contributed by atoms with Crippen LogP contribution in [0.25, 0.3) is 10.9 Å². The van der Waals surface area contributed by atoms with Crippen LogP contribution in [0.2, 0.25) is 0 Å². The molecule has 2 fully saturated rings. The van der Waals surface area contributed by atoms with Crippen molar-refractivity contribution in [1.82, 2.24) is 14.8 Å². The van der Waals surface area contributed by atoms with E-state index in [-0.39, 0.29) is 5.91 Å². The predicted octanol–water partition coefficient (Wildman–Crippen LogP) is 4.02. The second kappa shape index (κ2) is 7.36. The molecule has 2 aliphatic rings. The quantitative estimate of drug-likeness (QED) is 0.838. The van der Waals surface area contributed by atoms with E-state index in [1.165, 1.54) is 37.7 Å². The molecule has 1 aromatic heterocycles. The standard InChI is InChI=1S/C22H29N3O/c1-16-8-9-19-20(10-12-23-21(19)14-16)22(26)24(2)18-11-13-25(15-18)17-6-4-3-5-7-17/h8-10,12,14,17-18H,3-7,11,13,15H2,1-2H3. The molecule has 4 rings (SSSR count). The van der Waals surface area contributed by atoms with Crippen LogP contribution in [0.15, 0.2) is 30.5 Å². The Labute approximate surface area is 156 Å². The molecule has 0 N–H and O–H groups in total. The average Bonchev–Trinajstić information content (AvgIpc) is 3.17. The summed E-state index contributed by atoms with van der Waals surface area (Å²) >= 11 is 0. The first-order valence-corrected chi connectivity index (χ1v) is 10.00. The van der Waals surface area contributed by atoms with Gasteiger partial charge in [0.2, 0.25) is 0 Å². The number of benzene rings is 1. The molecule has 26 heavy (non-hydrogen) atoms. The number of aromatic nitrogens is 1. The van der Waals surface area contributed by atoms with Crippen molar-refractivity contribution in [3.8, 4) is 0 Å². The van der Waals surface area contributed by atoms with E-state index in [1.807, 2.05) is 30.1 Å². The summed E-state index contributed by atoms with van der Waals surface area (Å²) in [6, 6.07) is 9.06. The molecule has 0 spiro atoms. The summed E-state index contributed by atoms with van der Waals surface area (Å²) in [7, 11) is 1.97. The third-order valence-electron chi connectivity index (χ3n) is 6.28. The van der Waals surface area contributed by atoms with Gasteiger partial charge in [-0.2, -0.15) is 0 Å². The summed E-state index contributed by atoms with van der Waals surface area (Å²) in [6.45, 7) is 4.21. The van der Waals surface area contributed by atoms with E-state index in [2.05, 4.69) is 22.9 Å². The van der Waals surface area contributed by atoms with Crippen molar-refractivity contribution < 1.29 is 4.79 Å². The highest BCUT2D eigenvalue weighted by atomic mass is 16.2. The SMILES string of the molecule is Cc1ccc2c(C(=O)N(C)C3CCN(C4CCCCC4)C3)ccnc2c1. The van der Waals surface area contributed by atoms with E-state index < -0.39 is 0 Å². The number of nitrogens with zero attached hydrogens (tertiary/aromatic N) is 3. The highest BCUT2D eigenvalue weighted by Gasteiger charge is 2.33. The van der Waals surface area contributed by atoms with Gasteiger partial charge in [0.05, 0.1) is 11.1 Å². The number of amides is 1. The average molecular weight is 351 g/mol. The van der Waals surface area contributed by atoms with Gasteiger partial charge in [0.15, 0.2) is 0 Å². The first-order valence-electron chi connectivity index (χ1n) is 10.00.